The molecule has 0 radical (unpaired) electrons. The topological polar surface area (TPSA) is 63.2 Å². The van der Waals surface area contributed by atoms with Gasteiger partial charge in [-0.05, 0) is 6.16 Å². The Kier molecular flexibility index (Phi) is 8.25. The van der Waals surface area contributed by atoms with Crippen molar-refractivity contribution in [2.75, 3.05) is 0 Å². The standard InChI is InChI=1S/CH2O3.Ca/c2-1(3)4;/h(H2,2,3,4);/q;+2/p-1. The Morgan fingerprint density at radius 3 is 1.60 bits per heavy atom. The smallest absolute Gasteiger partial charge is 0.652 e. The Labute approximate surface area is 60.1 Å². The molecule has 0 N–H and O–H groups in total. The van der Waals surface area contributed by atoms with Crippen molar-refractivity contribution in [3.05, 3.63) is 0 Å². The van der Waals surface area contributed by atoms with Gasteiger partial charge in [0.05, 0.1) is 0 Å². The van der Waals surface area contributed by atoms with Crippen LogP contribution >= 0.6 is 0 Å². The van der Waals surface area contributed by atoms with E-state index in [0.717, 1.165) is 0 Å². The first kappa shape index (κ1) is 9.11. The van der Waals surface area contributed by atoms with Crippen LogP contribution in [-0.4, -0.2) is 43.9 Å². The van der Waals surface area contributed by atoms with Crippen molar-refractivity contribution in [3.8, 4) is 0 Å². The maximum atomic E-state index is 8.33. The first-order chi connectivity index (χ1) is 1.73. The maximum Gasteiger partial charge on any atom is 2.00 e. The Morgan fingerprint density at radius 1 is 1.60 bits per heavy atom. The number of carbonyl (C=O) groups is 1. The third-order valence-electron chi connectivity index (χ3n) is 0. The second-order valence-electron chi connectivity index (χ2n) is 0.250. The molecule has 5 heavy (non-hydrogen) atoms. The molecule has 0 aliphatic heterocycles. The number of carbonyl (C=O) groups excluding carboxylic acids is 1. The average Bonchev–Trinajstić information content (AvgIpc) is 0.811. The van der Waals surface area contributed by atoms with Gasteiger partial charge in [-0.3, -0.25) is 0 Å². The zero-order chi connectivity index (χ0) is 3.58. The first-order valence-electron chi connectivity index (χ1n) is 0.612. The number of hydrogen-bond acceptors (Lipinski definition) is 3. The van der Waals surface area contributed by atoms with Gasteiger partial charge >= 0.3 is 39.2 Å². The van der Waals surface area contributed by atoms with Crippen LogP contribution in [-0.2, 0) is 0 Å². The molecule has 0 aromatic heterocycles. The largest absolute Gasteiger partial charge is 2.00 e. The summed E-state index contributed by atoms with van der Waals surface area (Å²) in [7, 11) is 0. The molecular weight excluding hydrogens is 100 g/mol. The van der Waals surface area contributed by atoms with Gasteiger partial charge in [0.25, 0.3) is 0 Å². The van der Waals surface area contributed by atoms with Gasteiger partial charge in [-0.15, -0.1) is 0 Å². The zero-order valence-corrected chi connectivity index (χ0v) is 4.64. The molecule has 3 nitrogen and oxygen atoms in total. The number of hydrogen-bond donors (Lipinski definition) is 0. The minimum Gasteiger partial charge on any atom is -0.652 e. The van der Waals surface area contributed by atoms with E-state index in [1.807, 2.05) is 0 Å². The van der Waals surface area contributed by atoms with E-state index < -0.39 is 6.16 Å². The molecule has 0 bridgehead atoms. The molecule has 0 fully saturated rings. The normalized spacial score (nSPS) is 4.80. The van der Waals surface area contributed by atoms with Crippen LogP contribution in [0.5, 0.6) is 0 Å². The predicted octanol–water partition coefficient (Wildman–Crippen LogP) is -2.72. The quantitative estimate of drug-likeness (QED) is 0.311. The van der Waals surface area contributed by atoms with Crippen molar-refractivity contribution in [2.24, 2.45) is 0 Å². The third kappa shape index (κ3) is 103. The molecule has 0 amide bonds. The van der Waals surface area contributed by atoms with E-state index in [-0.39, 0.29) is 39.2 Å². The monoisotopic (exact) mass is 101 g/mol. The van der Waals surface area contributed by atoms with Crippen LogP contribution in [0.15, 0.2) is 0 Å². The van der Waals surface area contributed by atoms with Gasteiger partial charge in [-0.25, -0.2) is 0 Å². The van der Waals surface area contributed by atoms with Crippen LogP contribution in [0.2, 0.25) is 0 Å². The molecule has 4 heteroatoms. The van der Waals surface area contributed by atoms with E-state index in [2.05, 4.69) is 0 Å². The van der Waals surface area contributed by atoms with Crippen molar-refractivity contribution in [3.63, 3.8) is 0 Å². The summed E-state index contributed by atoms with van der Waals surface area (Å²) < 4.78 is 0. The van der Waals surface area contributed by atoms with Gasteiger partial charge in [0.15, 0.2) is 0 Å². The summed E-state index contributed by atoms with van der Waals surface area (Å²) in [6, 6.07) is 0. The van der Waals surface area contributed by atoms with Crippen LogP contribution in [0.3, 0.4) is 0 Å². The zero-order valence-electron chi connectivity index (χ0n) is 3.43. The second-order valence-corrected chi connectivity index (χ2v) is 0.250. The first-order valence-corrected chi connectivity index (χ1v) is 0.612. The van der Waals surface area contributed by atoms with E-state index in [1.54, 1.807) is 0 Å². The molecule has 0 heterocycles. The third-order valence-corrected chi connectivity index (χ3v) is 0. The molecule has 0 aliphatic carbocycles. The summed E-state index contributed by atoms with van der Waals surface area (Å²) >= 11 is 0. The van der Waals surface area contributed by atoms with E-state index >= 15 is 0 Å². The van der Waals surface area contributed by atoms with Crippen molar-refractivity contribution < 1.29 is 16.4 Å². The second kappa shape index (κ2) is 4.53. The molecule has 24 valence electrons. The Bertz CT molecular complexity index is 33.8. The van der Waals surface area contributed by atoms with Crippen LogP contribution in [0, 0.1) is 0 Å². The Hall–Kier alpha value is 0.530. The maximum absolute atomic E-state index is 8.33. The summed E-state index contributed by atoms with van der Waals surface area (Å²) in [5, 5.41) is 16.7. The minimum absolute atomic E-state index is 0. The molecule has 0 saturated carbocycles. The summed E-state index contributed by atoms with van der Waals surface area (Å²) in [5.41, 5.74) is 0. The van der Waals surface area contributed by atoms with Gasteiger partial charge < -0.3 is 15.0 Å². The van der Waals surface area contributed by atoms with Crippen molar-refractivity contribution in [2.45, 2.75) is 0 Å². The molecule has 0 aromatic rings. The summed E-state index contributed by atoms with van der Waals surface area (Å²) in [5.74, 6) is 0. The Balaban J connectivity index is -0.0000000450. The molecule has 0 saturated heterocycles. The van der Waals surface area contributed by atoms with Gasteiger partial charge in [0.1, 0.15) is 0 Å². The van der Waals surface area contributed by atoms with Gasteiger partial charge in [0.2, 0.25) is 0 Å². The van der Waals surface area contributed by atoms with E-state index in [9.17, 15) is 0 Å². The summed E-state index contributed by atoms with van der Waals surface area (Å²) in [6.07, 6.45) is -2.33. The van der Waals surface area contributed by atoms with E-state index in [0.29, 0.717) is 0 Å². The minimum atomic E-state index is -2.33. The fourth-order valence-electron chi connectivity index (χ4n) is 0. The molecule has 0 spiro atoms. The van der Waals surface area contributed by atoms with Crippen LogP contribution in [0.4, 0.5) is 4.79 Å². The molecule has 0 aliphatic rings. The molecule has 0 rings (SSSR count). The summed E-state index contributed by atoms with van der Waals surface area (Å²) in [6.45, 7) is 0. The van der Waals surface area contributed by atoms with Gasteiger partial charge in [-0.1, -0.05) is 0 Å². The number of carboxylic acid groups (broad SMARTS) is 2. The summed E-state index contributed by atoms with van der Waals surface area (Å²) in [4.78, 5) is 8.33. The number of rotatable bonds is 0. The molecule has 0 atom stereocenters. The van der Waals surface area contributed by atoms with Crippen LogP contribution in [0.25, 0.3) is 0 Å². The SMILES string of the molecule is O=C([O-])[O-].[Ca+2].[H+]. The fourth-order valence-corrected chi connectivity index (χ4v) is 0. The Morgan fingerprint density at radius 2 is 1.60 bits per heavy atom. The van der Waals surface area contributed by atoms with Gasteiger partial charge in [0, 0.05) is 0 Å². The van der Waals surface area contributed by atoms with Crippen molar-refractivity contribution >= 4 is 43.9 Å². The van der Waals surface area contributed by atoms with Crippen molar-refractivity contribution in [1.82, 2.24) is 0 Å². The van der Waals surface area contributed by atoms with Crippen LogP contribution < -0.4 is 10.2 Å². The van der Waals surface area contributed by atoms with Gasteiger partial charge in [-0.2, -0.15) is 0 Å². The fraction of sp³-hybridized carbons (Fsp3) is 0. The molecule has 0 aromatic carbocycles. The average molecular weight is 101 g/mol. The molecule has 0 unspecified atom stereocenters. The van der Waals surface area contributed by atoms with E-state index in [1.165, 1.54) is 0 Å². The molecular formula is CHCaO3+. The van der Waals surface area contributed by atoms with Crippen molar-refractivity contribution in [1.29, 1.82) is 0 Å². The van der Waals surface area contributed by atoms with Crippen LogP contribution in [0.1, 0.15) is 1.43 Å². The predicted molar refractivity (Wildman–Crippen MR) is 12.3 cm³/mol. The van der Waals surface area contributed by atoms with E-state index in [4.69, 9.17) is 15.0 Å².